The van der Waals surface area contributed by atoms with Crippen molar-refractivity contribution in [2.45, 2.75) is 26.7 Å². The summed E-state index contributed by atoms with van der Waals surface area (Å²) in [5.41, 5.74) is 2.60. The lowest BCUT2D eigenvalue weighted by atomic mass is 10.1. The molecule has 2 amide bonds. The molecule has 36 heavy (non-hydrogen) atoms. The van der Waals surface area contributed by atoms with Gasteiger partial charge < -0.3 is 20.1 Å². The van der Waals surface area contributed by atoms with E-state index in [1.165, 1.54) is 0 Å². The highest BCUT2D eigenvalue weighted by Gasteiger charge is 2.12. The fourth-order valence-corrected chi connectivity index (χ4v) is 3.11. The summed E-state index contributed by atoms with van der Waals surface area (Å²) < 4.78 is 10.2. The predicted octanol–water partition coefficient (Wildman–Crippen LogP) is 5.32. The van der Waals surface area contributed by atoms with Crippen LogP contribution in [0.1, 0.15) is 68.1 Å². The quantitative estimate of drug-likeness (QED) is 0.374. The van der Waals surface area contributed by atoms with E-state index in [1.54, 1.807) is 72.8 Å². The monoisotopic (exact) mass is 488 g/mol. The second-order valence-corrected chi connectivity index (χ2v) is 7.91. The van der Waals surface area contributed by atoms with Crippen molar-refractivity contribution in [3.63, 3.8) is 0 Å². The zero-order valence-corrected chi connectivity index (χ0v) is 20.2. The van der Waals surface area contributed by atoms with Gasteiger partial charge in [-0.15, -0.1) is 0 Å². The molecule has 0 unspecified atom stereocenters. The summed E-state index contributed by atoms with van der Waals surface area (Å²) >= 11 is 0. The summed E-state index contributed by atoms with van der Waals surface area (Å²) in [7, 11) is 0. The molecule has 0 bridgehead atoms. The van der Waals surface area contributed by atoms with E-state index in [0.717, 1.165) is 12.8 Å². The lowest BCUT2D eigenvalue weighted by Gasteiger charge is -2.09. The third-order valence-corrected chi connectivity index (χ3v) is 5.04. The highest BCUT2D eigenvalue weighted by atomic mass is 16.5. The van der Waals surface area contributed by atoms with E-state index < -0.39 is 11.9 Å². The maximum absolute atomic E-state index is 12.6. The number of carbonyl (C=O) groups is 4. The molecule has 0 spiro atoms. The molecule has 3 rings (SSSR count). The Labute approximate surface area is 209 Å². The normalized spacial score (nSPS) is 10.3. The molecular weight excluding hydrogens is 460 g/mol. The van der Waals surface area contributed by atoms with Crippen molar-refractivity contribution < 1.29 is 28.7 Å². The number of nitrogens with one attached hydrogen (secondary N) is 2. The molecule has 3 aromatic carbocycles. The van der Waals surface area contributed by atoms with E-state index in [4.69, 9.17) is 9.47 Å². The molecule has 0 heterocycles. The van der Waals surface area contributed by atoms with Crippen LogP contribution in [0.15, 0.2) is 72.8 Å². The molecule has 3 aromatic rings. The summed E-state index contributed by atoms with van der Waals surface area (Å²) in [5, 5.41) is 5.51. The number of ether oxygens (including phenoxy) is 2. The SMILES string of the molecule is CCCOC(=O)c1ccc(NC(=O)c2ccc(C(=O)Nc3ccc(C(=O)OCCC)cc3)cc2)cc1. The topological polar surface area (TPSA) is 111 Å². The van der Waals surface area contributed by atoms with Crippen LogP contribution in [0, 0.1) is 0 Å². The molecule has 0 saturated carbocycles. The van der Waals surface area contributed by atoms with Crippen molar-refractivity contribution in [2.24, 2.45) is 0 Å². The first-order valence-corrected chi connectivity index (χ1v) is 11.7. The Morgan fingerprint density at radius 3 is 1.14 bits per heavy atom. The van der Waals surface area contributed by atoms with Crippen molar-refractivity contribution in [1.82, 2.24) is 0 Å². The van der Waals surface area contributed by atoms with Crippen LogP contribution in [0.2, 0.25) is 0 Å². The minimum atomic E-state index is -0.408. The summed E-state index contributed by atoms with van der Waals surface area (Å²) in [4.78, 5) is 48.9. The second kappa shape index (κ2) is 12.9. The number of hydrogen-bond donors (Lipinski definition) is 2. The Kier molecular flexibility index (Phi) is 9.33. The van der Waals surface area contributed by atoms with Gasteiger partial charge in [-0.1, -0.05) is 13.8 Å². The zero-order chi connectivity index (χ0) is 25.9. The molecule has 8 nitrogen and oxygen atoms in total. The number of hydrogen-bond acceptors (Lipinski definition) is 6. The smallest absolute Gasteiger partial charge is 0.338 e. The Morgan fingerprint density at radius 1 is 0.528 bits per heavy atom. The maximum atomic E-state index is 12.6. The van der Waals surface area contributed by atoms with Gasteiger partial charge in [-0.3, -0.25) is 9.59 Å². The van der Waals surface area contributed by atoms with Gasteiger partial charge in [0, 0.05) is 22.5 Å². The fraction of sp³-hybridized carbons (Fsp3) is 0.214. The third kappa shape index (κ3) is 7.27. The van der Waals surface area contributed by atoms with Gasteiger partial charge in [0.25, 0.3) is 11.8 Å². The van der Waals surface area contributed by atoms with Crippen LogP contribution in [0.4, 0.5) is 11.4 Å². The van der Waals surface area contributed by atoms with E-state index in [0.29, 0.717) is 46.8 Å². The van der Waals surface area contributed by atoms with Crippen LogP contribution >= 0.6 is 0 Å². The zero-order valence-electron chi connectivity index (χ0n) is 20.2. The van der Waals surface area contributed by atoms with Gasteiger partial charge in [0.15, 0.2) is 0 Å². The second-order valence-electron chi connectivity index (χ2n) is 7.91. The van der Waals surface area contributed by atoms with Gasteiger partial charge >= 0.3 is 11.9 Å². The third-order valence-electron chi connectivity index (χ3n) is 5.04. The van der Waals surface area contributed by atoms with Crippen LogP contribution in [-0.2, 0) is 9.47 Å². The number of benzene rings is 3. The Morgan fingerprint density at radius 2 is 0.833 bits per heavy atom. The summed E-state index contributed by atoms with van der Waals surface area (Å²) in [6.45, 7) is 4.54. The highest BCUT2D eigenvalue weighted by Crippen LogP contribution is 2.15. The van der Waals surface area contributed by atoms with Gasteiger partial charge in [0.2, 0.25) is 0 Å². The number of anilines is 2. The van der Waals surface area contributed by atoms with Crippen molar-refractivity contribution in [3.05, 3.63) is 95.1 Å². The maximum Gasteiger partial charge on any atom is 0.338 e. The van der Waals surface area contributed by atoms with Crippen LogP contribution in [0.5, 0.6) is 0 Å². The van der Waals surface area contributed by atoms with Crippen molar-refractivity contribution in [2.75, 3.05) is 23.8 Å². The predicted molar refractivity (Wildman–Crippen MR) is 136 cm³/mol. The van der Waals surface area contributed by atoms with Crippen LogP contribution in [-0.4, -0.2) is 37.0 Å². The first kappa shape index (κ1) is 26.2. The largest absolute Gasteiger partial charge is 0.462 e. The summed E-state index contributed by atoms with van der Waals surface area (Å²) in [5.74, 6) is -1.52. The summed E-state index contributed by atoms with van der Waals surface area (Å²) in [6, 6.07) is 19.0. The van der Waals surface area contributed by atoms with E-state index >= 15 is 0 Å². The van der Waals surface area contributed by atoms with Crippen LogP contribution in [0.25, 0.3) is 0 Å². The Hall–Kier alpha value is -4.46. The molecule has 186 valence electrons. The molecule has 0 fully saturated rings. The van der Waals surface area contributed by atoms with Crippen molar-refractivity contribution in [3.8, 4) is 0 Å². The lowest BCUT2D eigenvalue weighted by molar-refractivity contribution is 0.0496. The molecule has 0 aliphatic carbocycles. The summed E-state index contributed by atoms with van der Waals surface area (Å²) in [6.07, 6.45) is 1.48. The number of carbonyl (C=O) groups excluding carboxylic acids is 4. The molecule has 0 aliphatic rings. The molecule has 0 aromatic heterocycles. The average molecular weight is 489 g/mol. The Bertz CT molecular complexity index is 1110. The van der Waals surface area contributed by atoms with E-state index in [-0.39, 0.29) is 11.8 Å². The number of amides is 2. The fourth-order valence-electron chi connectivity index (χ4n) is 3.11. The molecule has 0 saturated heterocycles. The van der Waals surface area contributed by atoms with Gasteiger partial charge in [0.05, 0.1) is 24.3 Å². The van der Waals surface area contributed by atoms with Gasteiger partial charge in [-0.2, -0.15) is 0 Å². The first-order chi connectivity index (χ1) is 17.4. The highest BCUT2D eigenvalue weighted by molar-refractivity contribution is 6.07. The molecule has 0 radical (unpaired) electrons. The van der Waals surface area contributed by atoms with E-state index in [1.807, 2.05) is 13.8 Å². The number of rotatable bonds is 10. The minimum absolute atomic E-state index is 0.353. The van der Waals surface area contributed by atoms with E-state index in [9.17, 15) is 19.2 Å². The average Bonchev–Trinajstić information content (AvgIpc) is 2.91. The molecule has 8 heteroatoms. The van der Waals surface area contributed by atoms with Crippen molar-refractivity contribution in [1.29, 1.82) is 0 Å². The lowest BCUT2D eigenvalue weighted by Crippen LogP contribution is -2.14. The van der Waals surface area contributed by atoms with Crippen LogP contribution < -0.4 is 10.6 Å². The standard InChI is InChI=1S/C28H28N2O6/c1-3-17-35-27(33)21-9-13-23(14-10-21)29-25(31)19-5-7-20(8-6-19)26(32)30-24-15-11-22(12-16-24)28(34)36-18-4-2/h5-16H,3-4,17-18H2,1-2H3,(H,29,31)(H,30,32). The molecule has 0 atom stereocenters. The van der Waals surface area contributed by atoms with Crippen molar-refractivity contribution >= 4 is 35.1 Å². The minimum Gasteiger partial charge on any atom is -0.462 e. The van der Waals surface area contributed by atoms with Crippen LogP contribution in [0.3, 0.4) is 0 Å². The molecular formula is C28H28N2O6. The molecule has 2 N–H and O–H groups in total. The van der Waals surface area contributed by atoms with Gasteiger partial charge in [0.1, 0.15) is 0 Å². The van der Waals surface area contributed by atoms with Gasteiger partial charge in [-0.25, -0.2) is 9.59 Å². The van der Waals surface area contributed by atoms with E-state index in [2.05, 4.69) is 10.6 Å². The number of esters is 2. The van der Waals surface area contributed by atoms with Gasteiger partial charge in [-0.05, 0) is 85.6 Å². The Balaban J connectivity index is 1.55. The molecule has 0 aliphatic heterocycles. The first-order valence-electron chi connectivity index (χ1n) is 11.7.